The Bertz CT molecular complexity index is 1640. The zero-order chi connectivity index (χ0) is 30.6. The third kappa shape index (κ3) is 6.22. The van der Waals surface area contributed by atoms with Crippen molar-refractivity contribution in [3.05, 3.63) is 66.2 Å². The number of ether oxygens (including phenoxy) is 3. The highest BCUT2D eigenvalue weighted by molar-refractivity contribution is 5.85. The number of piperazine rings is 1. The van der Waals surface area contributed by atoms with E-state index >= 15 is 0 Å². The summed E-state index contributed by atoms with van der Waals surface area (Å²) in [4.78, 5) is 26.7. The van der Waals surface area contributed by atoms with Crippen molar-refractivity contribution in [3.63, 3.8) is 0 Å². The molecule has 4 aromatic heterocycles. The van der Waals surface area contributed by atoms with Crippen molar-refractivity contribution in [1.29, 1.82) is 5.26 Å². The van der Waals surface area contributed by atoms with Gasteiger partial charge in [-0.05, 0) is 30.7 Å². The van der Waals surface area contributed by atoms with Gasteiger partial charge in [-0.15, -0.1) is 0 Å². The topological polar surface area (TPSA) is 142 Å². The van der Waals surface area contributed by atoms with Crippen molar-refractivity contribution >= 4 is 17.4 Å². The van der Waals surface area contributed by atoms with Gasteiger partial charge < -0.3 is 29.1 Å². The molecule has 13 nitrogen and oxygen atoms in total. The lowest BCUT2D eigenvalue weighted by molar-refractivity contribution is -0.0648. The van der Waals surface area contributed by atoms with Crippen molar-refractivity contribution in [1.82, 2.24) is 29.4 Å². The van der Waals surface area contributed by atoms with Crippen molar-refractivity contribution in [2.75, 3.05) is 57.9 Å². The molecule has 0 spiro atoms. The second-order valence-corrected chi connectivity index (χ2v) is 11.0. The first-order valence-electron chi connectivity index (χ1n) is 14.5. The van der Waals surface area contributed by atoms with Crippen molar-refractivity contribution in [2.24, 2.45) is 0 Å². The van der Waals surface area contributed by atoms with E-state index in [1.165, 1.54) is 11.1 Å². The Balaban J connectivity index is 1.14. The Kier molecular flexibility index (Phi) is 8.44. The first-order chi connectivity index (χ1) is 21.4. The Morgan fingerprint density at radius 1 is 1.14 bits per heavy atom. The largest absolute Gasteiger partial charge is 0.489 e. The van der Waals surface area contributed by atoms with E-state index in [2.05, 4.69) is 26.0 Å². The van der Waals surface area contributed by atoms with Gasteiger partial charge in [0, 0.05) is 62.3 Å². The number of anilines is 1. The first-order valence-corrected chi connectivity index (χ1v) is 14.5. The normalized spacial score (nSPS) is 19.1. The van der Waals surface area contributed by atoms with Crippen LogP contribution in [0.15, 0.2) is 55.1 Å². The summed E-state index contributed by atoms with van der Waals surface area (Å²) in [6.45, 7) is 6.88. The van der Waals surface area contributed by atoms with Gasteiger partial charge in [0.1, 0.15) is 30.3 Å². The van der Waals surface area contributed by atoms with Crippen molar-refractivity contribution in [3.8, 4) is 28.8 Å². The fourth-order valence-corrected chi connectivity index (χ4v) is 5.60. The van der Waals surface area contributed by atoms with Gasteiger partial charge in [0.2, 0.25) is 5.88 Å². The predicted molar refractivity (Wildman–Crippen MR) is 161 cm³/mol. The molecule has 0 radical (unpaired) electrons. The van der Waals surface area contributed by atoms with E-state index in [0.717, 1.165) is 55.2 Å². The summed E-state index contributed by atoms with van der Waals surface area (Å²) >= 11 is 0. The minimum absolute atomic E-state index is 0.173. The molecule has 6 rings (SSSR count). The molecular weight excluding hydrogens is 564 g/mol. The van der Waals surface area contributed by atoms with Crippen molar-refractivity contribution < 1.29 is 24.1 Å². The maximum atomic E-state index is 11.6. The summed E-state index contributed by atoms with van der Waals surface area (Å²) in [5.74, 6) is 2.03. The quantitative estimate of drug-likeness (QED) is 0.320. The van der Waals surface area contributed by atoms with E-state index in [4.69, 9.17) is 19.2 Å². The number of carboxylic acid groups (broad SMARTS) is 1. The summed E-state index contributed by atoms with van der Waals surface area (Å²) in [5.41, 5.74) is 3.85. The fourth-order valence-electron chi connectivity index (χ4n) is 5.60. The summed E-state index contributed by atoms with van der Waals surface area (Å²) in [6, 6.07) is 11.8. The number of nitriles is 1. The molecule has 0 saturated carbocycles. The molecule has 13 heteroatoms. The molecule has 2 saturated heterocycles. The molecule has 44 heavy (non-hydrogen) atoms. The average Bonchev–Trinajstić information content (AvgIpc) is 3.48. The number of pyridine rings is 3. The molecule has 0 unspecified atom stereocenters. The molecule has 2 atom stereocenters. The van der Waals surface area contributed by atoms with Crippen LogP contribution in [-0.4, -0.2) is 106 Å². The molecule has 228 valence electrons. The molecule has 6 heterocycles. The number of aromatic nitrogens is 4. The lowest BCUT2D eigenvalue weighted by Gasteiger charge is -2.35. The summed E-state index contributed by atoms with van der Waals surface area (Å²) in [5, 5.41) is 23.6. The van der Waals surface area contributed by atoms with E-state index < -0.39 is 12.2 Å². The zero-order valence-corrected chi connectivity index (χ0v) is 24.7. The Morgan fingerprint density at radius 2 is 1.98 bits per heavy atom. The van der Waals surface area contributed by atoms with Gasteiger partial charge >= 0.3 is 6.09 Å². The van der Waals surface area contributed by atoms with E-state index in [1.807, 2.05) is 49.6 Å². The minimum Gasteiger partial charge on any atom is -0.489 e. The SMILES string of the molecule is COc1ccc(CN2CCN(c3ccc(-c4cc(OC[C@@H]5CN(C(=O)O)[C@H](C)CO5)cn5ncc(C#N)c45)cn3)CC2)cn1. The summed E-state index contributed by atoms with van der Waals surface area (Å²) < 4.78 is 18.7. The lowest BCUT2D eigenvalue weighted by Crippen LogP contribution is -2.52. The minimum atomic E-state index is -0.973. The van der Waals surface area contributed by atoms with Gasteiger partial charge in [-0.1, -0.05) is 6.07 Å². The molecule has 2 aliphatic rings. The molecule has 1 N–H and O–H groups in total. The number of fused-ring (bicyclic) bond motifs is 1. The van der Waals surface area contributed by atoms with E-state index in [9.17, 15) is 15.2 Å². The summed E-state index contributed by atoms with van der Waals surface area (Å²) in [7, 11) is 1.61. The molecule has 0 bridgehead atoms. The van der Waals surface area contributed by atoms with Crippen LogP contribution in [0.5, 0.6) is 11.6 Å². The number of rotatable bonds is 8. The van der Waals surface area contributed by atoms with Crippen LogP contribution in [0.1, 0.15) is 18.1 Å². The van der Waals surface area contributed by atoms with Crippen LogP contribution >= 0.6 is 0 Å². The maximum absolute atomic E-state index is 11.6. The lowest BCUT2D eigenvalue weighted by atomic mass is 10.1. The monoisotopic (exact) mass is 598 g/mol. The number of nitrogens with zero attached hydrogens (tertiary/aromatic N) is 8. The Hall–Kier alpha value is -4.93. The molecule has 1 amide bonds. The zero-order valence-electron chi connectivity index (χ0n) is 24.7. The van der Waals surface area contributed by atoms with Crippen LogP contribution in [0.25, 0.3) is 16.6 Å². The molecule has 2 aliphatic heterocycles. The Morgan fingerprint density at radius 3 is 2.66 bits per heavy atom. The van der Waals surface area contributed by atoms with E-state index in [1.54, 1.807) is 17.8 Å². The van der Waals surface area contributed by atoms with Crippen LogP contribution in [0.2, 0.25) is 0 Å². The molecule has 2 fully saturated rings. The van der Waals surface area contributed by atoms with Gasteiger partial charge in [-0.2, -0.15) is 10.4 Å². The van der Waals surface area contributed by atoms with Crippen molar-refractivity contribution in [2.45, 2.75) is 25.6 Å². The third-order valence-electron chi connectivity index (χ3n) is 8.06. The summed E-state index contributed by atoms with van der Waals surface area (Å²) in [6.07, 6.45) is 5.54. The highest BCUT2D eigenvalue weighted by Gasteiger charge is 2.30. The second-order valence-electron chi connectivity index (χ2n) is 11.0. The van der Waals surface area contributed by atoms with E-state index in [-0.39, 0.29) is 19.2 Å². The highest BCUT2D eigenvalue weighted by atomic mass is 16.5. The van der Waals surface area contributed by atoms with Gasteiger partial charge in [-0.25, -0.2) is 19.3 Å². The van der Waals surface area contributed by atoms with Crippen LogP contribution < -0.4 is 14.4 Å². The molecule has 0 aromatic carbocycles. The smallest absolute Gasteiger partial charge is 0.407 e. The Labute approximate surface area is 254 Å². The van der Waals surface area contributed by atoms with Crippen LogP contribution in [0, 0.1) is 11.3 Å². The molecular formula is C31H34N8O5. The van der Waals surface area contributed by atoms with Gasteiger partial charge in [-0.3, -0.25) is 4.90 Å². The standard InChI is InChI=1S/C31H34N8O5/c1-21-19-43-26(17-38(21)31(40)41)20-44-25-11-27(30-24(12-32)15-35-39(30)18-25)23-4-5-28(33-14-23)37-9-7-36(8-10-37)16-22-3-6-29(42-2)34-13-22/h3-6,11,13-15,18,21,26H,7-10,16-17,19-20H2,1-2H3,(H,40,41)/t21-,26+/m1/s1. The number of hydrogen-bond acceptors (Lipinski definition) is 10. The van der Waals surface area contributed by atoms with Crippen LogP contribution in [0.3, 0.4) is 0 Å². The van der Waals surface area contributed by atoms with Gasteiger partial charge in [0.05, 0.1) is 49.8 Å². The average molecular weight is 599 g/mol. The second kappa shape index (κ2) is 12.7. The number of morpholine rings is 1. The number of amides is 1. The fraction of sp³-hybridized carbons (Fsp3) is 0.387. The highest BCUT2D eigenvalue weighted by Crippen LogP contribution is 2.32. The number of carbonyl (C=O) groups is 1. The van der Waals surface area contributed by atoms with Gasteiger partial charge in [0.25, 0.3) is 0 Å². The van der Waals surface area contributed by atoms with Gasteiger partial charge in [0.15, 0.2) is 0 Å². The van der Waals surface area contributed by atoms with Crippen LogP contribution in [0.4, 0.5) is 10.6 Å². The number of methoxy groups -OCH3 is 1. The molecule has 0 aliphatic carbocycles. The number of hydrogen-bond donors (Lipinski definition) is 1. The van der Waals surface area contributed by atoms with Crippen LogP contribution in [-0.2, 0) is 11.3 Å². The third-order valence-corrected chi connectivity index (χ3v) is 8.06. The molecule has 4 aromatic rings. The van der Waals surface area contributed by atoms with E-state index in [0.29, 0.717) is 29.3 Å². The maximum Gasteiger partial charge on any atom is 0.407 e. The first kappa shape index (κ1) is 29.2. The predicted octanol–water partition coefficient (Wildman–Crippen LogP) is 3.14.